The van der Waals surface area contributed by atoms with Gasteiger partial charge in [-0.1, -0.05) is 6.92 Å². The summed E-state index contributed by atoms with van der Waals surface area (Å²) in [6.45, 7) is 9.21. The maximum atomic E-state index is 12.2. The topological polar surface area (TPSA) is 48.5 Å². The summed E-state index contributed by atoms with van der Waals surface area (Å²) in [4.78, 5) is 21.1. The Hall–Kier alpha value is -0.110. The second-order valence-electron chi connectivity index (χ2n) is 5.42. The fourth-order valence-electron chi connectivity index (χ4n) is 2.54. The van der Waals surface area contributed by atoms with Crippen LogP contribution in [0.15, 0.2) is 5.38 Å². The number of carbonyl (C=O) groups is 1. The Morgan fingerprint density at radius 2 is 1.91 bits per heavy atom. The van der Waals surface area contributed by atoms with Crippen LogP contribution in [0.25, 0.3) is 0 Å². The van der Waals surface area contributed by atoms with Gasteiger partial charge in [0.2, 0.25) is 5.91 Å². The molecule has 1 aromatic rings. The summed E-state index contributed by atoms with van der Waals surface area (Å²) >= 11 is 1.70. The minimum atomic E-state index is 0. The van der Waals surface area contributed by atoms with Crippen molar-refractivity contribution in [2.75, 3.05) is 39.8 Å². The molecule has 136 valence electrons. The Labute approximate surface area is 161 Å². The number of hydrogen-bond donors (Lipinski definition) is 1. The third-order valence-corrected chi connectivity index (χ3v) is 4.49. The van der Waals surface area contributed by atoms with E-state index in [9.17, 15) is 4.79 Å². The van der Waals surface area contributed by atoms with E-state index >= 15 is 0 Å². The fourth-order valence-corrected chi connectivity index (χ4v) is 3.15. The first kappa shape index (κ1) is 25.1. The van der Waals surface area contributed by atoms with Gasteiger partial charge in [0.15, 0.2) is 0 Å². The summed E-state index contributed by atoms with van der Waals surface area (Å²) in [6.07, 6.45) is 0. The van der Waals surface area contributed by atoms with Gasteiger partial charge in [-0.2, -0.15) is 0 Å². The molecule has 0 aliphatic carbocycles. The van der Waals surface area contributed by atoms with Crippen molar-refractivity contribution in [3.8, 4) is 0 Å². The highest BCUT2D eigenvalue weighted by Crippen LogP contribution is 2.13. The minimum absolute atomic E-state index is 0. The highest BCUT2D eigenvalue weighted by Gasteiger charge is 2.24. The van der Waals surface area contributed by atoms with Crippen LogP contribution in [-0.2, 0) is 11.3 Å². The van der Waals surface area contributed by atoms with E-state index in [2.05, 4.69) is 20.6 Å². The van der Waals surface area contributed by atoms with Crippen LogP contribution < -0.4 is 5.32 Å². The van der Waals surface area contributed by atoms with Crippen LogP contribution in [0.4, 0.5) is 0 Å². The lowest BCUT2D eigenvalue weighted by Crippen LogP contribution is -2.50. The van der Waals surface area contributed by atoms with E-state index in [1.54, 1.807) is 11.3 Å². The third kappa shape index (κ3) is 7.54. The van der Waals surface area contributed by atoms with Crippen molar-refractivity contribution in [1.82, 2.24) is 20.1 Å². The quantitative estimate of drug-likeness (QED) is 0.816. The van der Waals surface area contributed by atoms with Crippen LogP contribution in [0.5, 0.6) is 0 Å². The van der Waals surface area contributed by atoms with Crippen LogP contribution in [0.3, 0.4) is 0 Å². The second kappa shape index (κ2) is 12.3. The molecular weight excluding hydrogens is 379 g/mol. The van der Waals surface area contributed by atoms with Gasteiger partial charge in [0.1, 0.15) is 0 Å². The molecule has 23 heavy (non-hydrogen) atoms. The van der Waals surface area contributed by atoms with Gasteiger partial charge < -0.3 is 10.2 Å². The second-order valence-corrected chi connectivity index (χ2v) is 6.48. The van der Waals surface area contributed by atoms with Gasteiger partial charge in [-0.3, -0.25) is 9.69 Å². The zero-order valence-electron chi connectivity index (χ0n) is 13.8. The largest absolute Gasteiger partial charge is 0.340 e. The fraction of sp³-hybridized carbons (Fsp3) is 0.714. The molecule has 1 amide bonds. The van der Waals surface area contributed by atoms with E-state index in [1.807, 2.05) is 25.8 Å². The van der Waals surface area contributed by atoms with Crippen molar-refractivity contribution < 1.29 is 4.79 Å². The Morgan fingerprint density at radius 1 is 1.30 bits per heavy atom. The number of halogens is 3. The Morgan fingerprint density at radius 3 is 2.39 bits per heavy atom. The van der Waals surface area contributed by atoms with Gasteiger partial charge in [0, 0.05) is 50.6 Å². The standard InChI is InChI=1S/C14H24N4OS.3ClH/c1-11(8-15-3)14(19)18-6-4-17(5-7-18)9-13-10-20-12(2)16-13;;;/h10-11,15H,4-9H2,1-3H3;3*1H. The number of carbonyl (C=O) groups excluding carboxylic acids is 1. The molecule has 2 heterocycles. The molecule has 1 aromatic heterocycles. The first-order valence-electron chi connectivity index (χ1n) is 7.17. The van der Waals surface area contributed by atoms with E-state index in [0.717, 1.165) is 50.0 Å². The number of hydrogen-bond acceptors (Lipinski definition) is 5. The normalized spacial score (nSPS) is 15.9. The summed E-state index contributed by atoms with van der Waals surface area (Å²) in [6, 6.07) is 0. The molecule has 2 rings (SSSR count). The number of aromatic nitrogens is 1. The molecule has 1 aliphatic heterocycles. The van der Waals surface area contributed by atoms with Crippen LogP contribution in [0.1, 0.15) is 17.6 Å². The Balaban J connectivity index is 0. The van der Waals surface area contributed by atoms with Crippen molar-refractivity contribution in [3.63, 3.8) is 0 Å². The maximum absolute atomic E-state index is 12.2. The van der Waals surface area contributed by atoms with E-state index < -0.39 is 0 Å². The number of amides is 1. The molecule has 1 N–H and O–H groups in total. The number of piperazine rings is 1. The van der Waals surface area contributed by atoms with Gasteiger partial charge in [0.25, 0.3) is 0 Å². The van der Waals surface area contributed by atoms with Crippen LogP contribution in [0, 0.1) is 12.8 Å². The lowest BCUT2D eigenvalue weighted by atomic mass is 10.1. The summed E-state index contributed by atoms with van der Waals surface area (Å²) in [5.41, 5.74) is 1.15. The number of nitrogens with zero attached hydrogens (tertiary/aromatic N) is 3. The highest BCUT2D eigenvalue weighted by molar-refractivity contribution is 7.09. The predicted octanol–water partition coefficient (Wildman–Crippen LogP) is 2.22. The molecule has 1 atom stereocenters. The molecule has 1 unspecified atom stereocenters. The molecule has 9 heteroatoms. The molecule has 1 saturated heterocycles. The van der Waals surface area contributed by atoms with E-state index in [1.165, 1.54) is 0 Å². The molecule has 0 radical (unpaired) electrons. The van der Waals surface area contributed by atoms with Crippen LogP contribution in [0.2, 0.25) is 0 Å². The summed E-state index contributed by atoms with van der Waals surface area (Å²) in [5.74, 6) is 0.330. The van der Waals surface area contributed by atoms with Gasteiger partial charge in [-0.15, -0.1) is 48.6 Å². The van der Waals surface area contributed by atoms with Crippen LogP contribution in [-0.4, -0.2) is 60.5 Å². The first-order chi connectivity index (χ1) is 9.60. The lowest BCUT2D eigenvalue weighted by Gasteiger charge is -2.35. The lowest BCUT2D eigenvalue weighted by molar-refractivity contribution is -0.136. The van der Waals surface area contributed by atoms with Gasteiger partial charge in [-0.05, 0) is 14.0 Å². The van der Waals surface area contributed by atoms with Crippen molar-refractivity contribution in [2.24, 2.45) is 5.92 Å². The Kier molecular flexibility index (Phi) is 13.4. The maximum Gasteiger partial charge on any atom is 0.226 e. The molecule has 0 spiro atoms. The first-order valence-corrected chi connectivity index (χ1v) is 8.05. The molecule has 1 aliphatic rings. The summed E-state index contributed by atoms with van der Waals surface area (Å²) < 4.78 is 0. The highest BCUT2D eigenvalue weighted by atomic mass is 35.5. The average molecular weight is 406 g/mol. The zero-order chi connectivity index (χ0) is 14.5. The predicted molar refractivity (Wildman–Crippen MR) is 104 cm³/mol. The molecule has 0 saturated carbocycles. The smallest absolute Gasteiger partial charge is 0.226 e. The average Bonchev–Trinajstić information content (AvgIpc) is 2.84. The number of nitrogens with one attached hydrogen (secondary N) is 1. The number of rotatable bonds is 5. The molecule has 5 nitrogen and oxygen atoms in total. The van der Waals surface area contributed by atoms with Crippen molar-refractivity contribution in [3.05, 3.63) is 16.1 Å². The Bertz CT molecular complexity index is 453. The summed E-state index contributed by atoms with van der Waals surface area (Å²) in [5, 5.41) is 6.31. The van der Waals surface area contributed by atoms with Gasteiger partial charge in [-0.25, -0.2) is 4.98 Å². The van der Waals surface area contributed by atoms with Gasteiger partial charge >= 0.3 is 0 Å². The zero-order valence-corrected chi connectivity index (χ0v) is 17.0. The summed E-state index contributed by atoms with van der Waals surface area (Å²) in [7, 11) is 1.89. The van der Waals surface area contributed by atoms with Crippen molar-refractivity contribution >= 4 is 54.5 Å². The number of aryl methyl sites for hydroxylation is 1. The minimum Gasteiger partial charge on any atom is -0.340 e. The van der Waals surface area contributed by atoms with Crippen molar-refractivity contribution in [1.29, 1.82) is 0 Å². The number of thiazole rings is 1. The van der Waals surface area contributed by atoms with E-state index in [0.29, 0.717) is 0 Å². The van der Waals surface area contributed by atoms with Crippen molar-refractivity contribution in [2.45, 2.75) is 20.4 Å². The molecular formula is C14H27Cl3N4OS. The SMILES string of the molecule is CNCC(C)C(=O)N1CCN(Cc2csc(C)n2)CC1.Cl.Cl.Cl. The van der Waals surface area contributed by atoms with E-state index in [4.69, 9.17) is 0 Å². The monoisotopic (exact) mass is 404 g/mol. The molecule has 0 aromatic carbocycles. The van der Waals surface area contributed by atoms with Crippen LogP contribution >= 0.6 is 48.6 Å². The van der Waals surface area contributed by atoms with Gasteiger partial charge in [0.05, 0.1) is 10.7 Å². The third-order valence-electron chi connectivity index (χ3n) is 3.67. The molecule has 0 bridgehead atoms. The molecule has 1 fully saturated rings. The van der Waals surface area contributed by atoms with E-state index in [-0.39, 0.29) is 49.0 Å².